The Balaban J connectivity index is 1.50. The maximum Gasteiger partial charge on any atom is 0.416 e. The highest BCUT2D eigenvalue weighted by Gasteiger charge is 2.34. The van der Waals surface area contributed by atoms with Crippen LogP contribution in [0.3, 0.4) is 0 Å². The Bertz CT molecular complexity index is 1160. The first-order chi connectivity index (χ1) is 14.7. The van der Waals surface area contributed by atoms with Crippen LogP contribution in [0.15, 0.2) is 48.8 Å². The SMILES string of the molecule is O=C(c1ccc2nccnc2c1)N1CCN(c2ccc(C(F)(F)F)cc2[N+](=O)[O-])CC1. The van der Waals surface area contributed by atoms with Crippen molar-refractivity contribution in [3.05, 3.63) is 70.0 Å². The number of alkyl halides is 3. The summed E-state index contributed by atoms with van der Waals surface area (Å²) in [6.07, 6.45) is -1.57. The van der Waals surface area contributed by atoms with Crippen LogP contribution >= 0.6 is 0 Å². The molecule has 1 aliphatic heterocycles. The molecule has 0 atom stereocenters. The summed E-state index contributed by atoms with van der Waals surface area (Å²) in [6.45, 7) is 1.06. The van der Waals surface area contributed by atoms with E-state index in [-0.39, 0.29) is 37.8 Å². The number of hydrogen-bond acceptors (Lipinski definition) is 6. The van der Waals surface area contributed by atoms with Crippen LogP contribution in [0, 0.1) is 10.1 Å². The van der Waals surface area contributed by atoms with Gasteiger partial charge in [-0.25, -0.2) is 0 Å². The number of nitro groups is 1. The third kappa shape index (κ3) is 4.11. The Labute approximate surface area is 174 Å². The summed E-state index contributed by atoms with van der Waals surface area (Å²) in [5.41, 5.74) is 0.123. The summed E-state index contributed by atoms with van der Waals surface area (Å²) in [7, 11) is 0. The van der Waals surface area contributed by atoms with Crippen molar-refractivity contribution in [3.63, 3.8) is 0 Å². The van der Waals surface area contributed by atoms with Gasteiger partial charge in [0.15, 0.2) is 0 Å². The van der Waals surface area contributed by atoms with Gasteiger partial charge in [-0.2, -0.15) is 13.2 Å². The third-order valence-electron chi connectivity index (χ3n) is 5.12. The average molecular weight is 431 g/mol. The van der Waals surface area contributed by atoms with Gasteiger partial charge < -0.3 is 9.80 Å². The average Bonchev–Trinajstić information content (AvgIpc) is 2.77. The lowest BCUT2D eigenvalue weighted by Crippen LogP contribution is -2.49. The van der Waals surface area contributed by atoms with E-state index in [1.165, 1.54) is 6.20 Å². The van der Waals surface area contributed by atoms with Crippen LogP contribution in [0.1, 0.15) is 15.9 Å². The molecule has 0 bridgehead atoms. The Kier molecular flexibility index (Phi) is 5.17. The van der Waals surface area contributed by atoms with Gasteiger partial charge in [0.1, 0.15) is 5.69 Å². The molecule has 0 unspecified atom stereocenters. The molecule has 3 aromatic rings. The molecule has 1 amide bonds. The van der Waals surface area contributed by atoms with E-state index >= 15 is 0 Å². The van der Waals surface area contributed by atoms with Crippen LogP contribution in [0.4, 0.5) is 24.5 Å². The van der Waals surface area contributed by atoms with Crippen molar-refractivity contribution in [1.82, 2.24) is 14.9 Å². The maximum absolute atomic E-state index is 12.9. The van der Waals surface area contributed by atoms with Crippen LogP contribution in [-0.2, 0) is 6.18 Å². The fraction of sp³-hybridized carbons (Fsp3) is 0.250. The normalized spacial score (nSPS) is 14.7. The Hall–Kier alpha value is -3.76. The number of aromatic nitrogens is 2. The summed E-state index contributed by atoms with van der Waals surface area (Å²) >= 11 is 0. The van der Waals surface area contributed by atoms with Gasteiger partial charge in [-0.3, -0.25) is 24.9 Å². The second-order valence-electron chi connectivity index (χ2n) is 7.00. The minimum atomic E-state index is -4.67. The van der Waals surface area contributed by atoms with Crippen molar-refractivity contribution in [2.75, 3.05) is 31.1 Å². The van der Waals surface area contributed by atoms with Crippen molar-refractivity contribution in [2.45, 2.75) is 6.18 Å². The molecule has 2 aromatic carbocycles. The first kappa shape index (κ1) is 20.5. The lowest BCUT2D eigenvalue weighted by molar-refractivity contribution is -0.384. The first-order valence-electron chi connectivity index (χ1n) is 9.34. The number of carbonyl (C=O) groups is 1. The van der Waals surface area contributed by atoms with E-state index in [1.807, 2.05) is 0 Å². The van der Waals surface area contributed by atoms with Gasteiger partial charge in [-0.05, 0) is 30.3 Å². The zero-order chi connectivity index (χ0) is 22.2. The van der Waals surface area contributed by atoms with E-state index in [0.29, 0.717) is 22.7 Å². The van der Waals surface area contributed by atoms with Crippen LogP contribution in [0.5, 0.6) is 0 Å². The summed E-state index contributed by atoms with van der Waals surface area (Å²) < 4.78 is 38.7. The largest absolute Gasteiger partial charge is 0.416 e. The number of halogens is 3. The van der Waals surface area contributed by atoms with Crippen LogP contribution in [0.2, 0.25) is 0 Å². The molecule has 1 aromatic heterocycles. The molecule has 0 saturated carbocycles. The van der Waals surface area contributed by atoms with E-state index in [2.05, 4.69) is 9.97 Å². The number of piperazine rings is 1. The molecule has 0 N–H and O–H groups in total. The second-order valence-corrected chi connectivity index (χ2v) is 7.00. The molecule has 1 saturated heterocycles. The van der Waals surface area contributed by atoms with Crippen molar-refractivity contribution >= 4 is 28.3 Å². The molecule has 4 rings (SSSR count). The van der Waals surface area contributed by atoms with Gasteiger partial charge >= 0.3 is 6.18 Å². The van der Waals surface area contributed by atoms with Crippen molar-refractivity contribution in [3.8, 4) is 0 Å². The van der Waals surface area contributed by atoms with Gasteiger partial charge in [0.25, 0.3) is 11.6 Å². The summed E-state index contributed by atoms with van der Waals surface area (Å²) in [4.78, 5) is 34.9. The number of carbonyl (C=O) groups excluding carboxylic acids is 1. The van der Waals surface area contributed by atoms with E-state index in [4.69, 9.17) is 0 Å². The number of anilines is 1. The molecule has 0 radical (unpaired) electrons. The van der Waals surface area contributed by atoms with Crippen molar-refractivity contribution < 1.29 is 22.9 Å². The first-order valence-corrected chi connectivity index (χ1v) is 9.34. The lowest BCUT2D eigenvalue weighted by Gasteiger charge is -2.36. The minimum Gasteiger partial charge on any atom is -0.362 e. The number of amides is 1. The molecule has 1 fully saturated rings. The topological polar surface area (TPSA) is 92.5 Å². The van der Waals surface area contributed by atoms with E-state index in [0.717, 1.165) is 12.1 Å². The Morgan fingerprint density at radius 1 is 0.968 bits per heavy atom. The number of benzene rings is 2. The van der Waals surface area contributed by atoms with Crippen molar-refractivity contribution in [2.24, 2.45) is 0 Å². The zero-order valence-corrected chi connectivity index (χ0v) is 16.0. The molecule has 31 heavy (non-hydrogen) atoms. The maximum atomic E-state index is 12.9. The Morgan fingerprint density at radius 3 is 2.29 bits per heavy atom. The second kappa shape index (κ2) is 7.82. The fourth-order valence-electron chi connectivity index (χ4n) is 3.54. The highest BCUT2D eigenvalue weighted by atomic mass is 19.4. The number of nitro benzene ring substituents is 1. The smallest absolute Gasteiger partial charge is 0.362 e. The number of nitrogens with zero attached hydrogens (tertiary/aromatic N) is 5. The predicted octanol–water partition coefficient (Wildman–Crippen LogP) is 3.52. The number of hydrogen-bond donors (Lipinski definition) is 0. The van der Waals surface area contributed by atoms with Gasteiger partial charge in [0.2, 0.25) is 0 Å². The summed E-state index contributed by atoms with van der Waals surface area (Å²) in [5.74, 6) is -0.214. The minimum absolute atomic E-state index is 0.103. The zero-order valence-electron chi connectivity index (χ0n) is 16.0. The van der Waals surface area contributed by atoms with Gasteiger partial charge in [0.05, 0.1) is 21.5 Å². The molecular formula is C20H16F3N5O3. The van der Waals surface area contributed by atoms with Gasteiger partial charge in [-0.15, -0.1) is 0 Å². The predicted molar refractivity (Wildman–Crippen MR) is 106 cm³/mol. The van der Waals surface area contributed by atoms with E-state index in [9.17, 15) is 28.1 Å². The lowest BCUT2D eigenvalue weighted by atomic mass is 10.1. The Morgan fingerprint density at radius 2 is 1.65 bits per heavy atom. The standard InChI is InChI=1S/C20H16F3N5O3/c21-20(22,23)14-2-4-17(18(12-14)28(30)31)26-7-9-27(10-8-26)19(29)13-1-3-15-16(11-13)25-6-5-24-15/h1-6,11-12H,7-10H2. The molecule has 0 spiro atoms. The number of rotatable bonds is 3. The summed E-state index contributed by atoms with van der Waals surface area (Å²) in [6, 6.07) is 7.50. The van der Waals surface area contributed by atoms with Gasteiger partial charge in [0, 0.05) is 50.2 Å². The van der Waals surface area contributed by atoms with Crippen molar-refractivity contribution in [1.29, 1.82) is 0 Å². The van der Waals surface area contributed by atoms with Crippen LogP contribution in [-0.4, -0.2) is 51.9 Å². The molecule has 0 aliphatic carbocycles. The molecule has 2 heterocycles. The number of fused-ring (bicyclic) bond motifs is 1. The quantitative estimate of drug-likeness (QED) is 0.466. The van der Waals surface area contributed by atoms with Crippen LogP contribution in [0.25, 0.3) is 11.0 Å². The van der Waals surface area contributed by atoms with Gasteiger partial charge in [-0.1, -0.05) is 0 Å². The highest BCUT2D eigenvalue weighted by Crippen LogP contribution is 2.36. The molecule has 8 nitrogen and oxygen atoms in total. The van der Waals surface area contributed by atoms with E-state index < -0.39 is 22.4 Å². The van der Waals surface area contributed by atoms with E-state index in [1.54, 1.807) is 34.2 Å². The molecule has 160 valence electrons. The molecular weight excluding hydrogens is 415 g/mol. The van der Waals surface area contributed by atoms with Crippen LogP contribution < -0.4 is 4.90 Å². The molecule has 11 heteroatoms. The third-order valence-corrected chi connectivity index (χ3v) is 5.12. The fourth-order valence-corrected chi connectivity index (χ4v) is 3.54. The molecule has 1 aliphatic rings. The monoisotopic (exact) mass is 431 g/mol. The highest BCUT2D eigenvalue weighted by molar-refractivity contribution is 5.97. The summed E-state index contributed by atoms with van der Waals surface area (Å²) in [5, 5.41) is 11.3.